The van der Waals surface area contributed by atoms with E-state index in [1.807, 2.05) is 13.8 Å². The van der Waals surface area contributed by atoms with Crippen LogP contribution >= 0.6 is 11.6 Å². The molecule has 1 aromatic heterocycles. The molecule has 1 unspecified atom stereocenters. The van der Waals surface area contributed by atoms with Crippen molar-refractivity contribution in [3.63, 3.8) is 0 Å². The van der Waals surface area contributed by atoms with Gasteiger partial charge in [0.1, 0.15) is 17.1 Å². The minimum atomic E-state index is -1.41. The second-order valence-electron chi connectivity index (χ2n) is 7.45. The van der Waals surface area contributed by atoms with Gasteiger partial charge in [-0.1, -0.05) is 37.1 Å². The number of ether oxygens (including phenoxy) is 1. The molecule has 0 saturated heterocycles. The van der Waals surface area contributed by atoms with Gasteiger partial charge in [0.05, 0.1) is 29.8 Å². The van der Waals surface area contributed by atoms with E-state index < -0.39 is 28.8 Å². The summed E-state index contributed by atoms with van der Waals surface area (Å²) in [7, 11) is 0. The van der Waals surface area contributed by atoms with Gasteiger partial charge >= 0.3 is 5.97 Å². The number of aromatic nitrogens is 1. The van der Waals surface area contributed by atoms with Crippen molar-refractivity contribution in [1.29, 1.82) is 0 Å². The van der Waals surface area contributed by atoms with E-state index in [0.717, 1.165) is 0 Å². The lowest BCUT2D eigenvalue weighted by Gasteiger charge is -2.26. The summed E-state index contributed by atoms with van der Waals surface area (Å²) in [5, 5.41) is 20.2. The Kier molecular flexibility index (Phi) is 7.53. The van der Waals surface area contributed by atoms with Crippen LogP contribution in [-0.2, 0) is 6.42 Å². The minimum Gasteiger partial charge on any atom is -0.494 e. The lowest BCUT2D eigenvalue weighted by Crippen LogP contribution is -2.28. The second kappa shape index (κ2) is 10.1. The first-order chi connectivity index (χ1) is 15.3. The van der Waals surface area contributed by atoms with Crippen molar-refractivity contribution in [3.8, 4) is 5.75 Å². The molecule has 3 rings (SSSR count). The Morgan fingerprint density at radius 1 is 1.25 bits per heavy atom. The molecule has 170 valence electrons. The smallest absolute Gasteiger partial charge is 0.341 e. The fourth-order valence-corrected chi connectivity index (χ4v) is 4.20. The van der Waals surface area contributed by atoms with E-state index in [0.29, 0.717) is 30.7 Å². The van der Waals surface area contributed by atoms with Crippen molar-refractivity contribution < 1.29 is 24.1 Å². The minimum absolute atomic E-state index is 0.0973. The first-order valence-electron chi connectivity index (χ1n) is 10.4. The van der Waals surface area contributed by atoms with Gasteiger partial charge < -0.3 is 19.5 Å². The van der Waals surface area contributed by atoms with Crippen LogP contribution in [0.3, 0.4) is 0 Å². The first-order valence-corrected chi connectivity index (χ1v) is 10.8. The van der Waals surface area contributed by atoms with Crippen LogP contribution in [0.2, 0.25) is 5.02 Å². The average Bonchev–Trinajstić information content (AvgIpc) is 2.76. The number of pyridine rings is 1. The molecule has 0 aliphatic carbocycles. The number of benzene rings is 2. The summed E-state index contributed by atoms with van der Waals surface area (Å²) in [5.41, 5.74) is -0.428. The molecular formula is C24H25ClFNO5. The van der Waals surface area contributed by atoms with Gasteiger partial charge in [0, 0.05) is 23.6 Å². The van der Waals surface area contributed by atoms with E-state index in [9.17, 15) is 24.2 Å². The number of nitrogens with zero attached hydrogens (tertiary/aromatic N) is 1. The molecule has 1 heterocycles. The van der Waals surface area contributed by atoms with Crippen LogP contribution in [0.25, 0.3) is 10.9 Å². The normalized spacial score (nSPS) is 12.2. The van der Waals surface area contributed by atoms with Crippen LogP contribution < -0.4 is 10.2 Å². The zero-order valence-corrected chi connectivity index (χ0v) is 18.7. The van der Waals surface area contributed by atoms with Crippen molar-refractivity contribution in [3.05, 3.63) is 74.3 Å². The predicted octanol–water partition coefficient (Wildman–Crippen LogP) is 4.82. The molecule has 0 spiro atoms. The van der Waals surface area contributed by atoms with Crippen LogP contribution in [0.15, 0.2) is 41.2 Å². The molecule has 3 aromatic rings. The Hall–Kier alpha value is -2.90. The summed E-state index contributed by atoms with van der Waals surface area (Å²) in [6, 6.07) is 8.72. The molecule has 8 heteroatoms. The number of carboxylic acids is 1. The SMILES string of the molecule is CCCC(CO)n1c(Cc2cccc(Cl)c2F)c(C(=O)O)c(=O)c2ccc(OCC)cc21. The Morgan fingerprint density at radius 2 is 2.00 bits per heavy atom. The van der Waals surface area contributed by atoms with Gasteiger partial charge in [0.15, 0.2) is 0 Å². The maximum atomic E-state index is 14.7. The summed E-state index contributed by atoms with van der Waals surface area (Å²) in [6.07, 6.45) is 1.05. The third-order valence-electron chi connectivity index (χ3n) is 5.39. The highest BCUT2D eigenvalue weighted by molar-refractivity contribution is 6.30. The summed E-state index contributed by atoms with van der Waals surface area (Å²) in [5.74, 6) is -1.59. The molecule has 2 N–H and O–H groups in total. The van der Waals surface area contributed by atoms with E-state index in [1.54, 1.807) is 22.8 Å². The van der Waals surface area contributed by atoms with Crippen molar-refractivity contribution in [2.75, 3.05) is 13.2 Å². The van der Waals surface area contributed by atoms with E-state index >= 15 is 0 Å². The number of carbonyl (C=O) groups is 1. The van der Waals surface area contributed by atoms with Crippen molar-refractivity contribution in [2.24, 2.45) is 0 Å². The van der Waals surface area contributed by atoms with E-state index in [2.05, 4.69) is 0 Å². The Bertz CT molecular complexity index is 1210. The number of hydrogen-bond acceptors (Lipinski definition) is 4. The number of hydrogen-bond donors (Lipinski definition) is 2. The third kappa shape index (κ3) is 4.49. The number of halogens is 2. The molecule has 0 amide bonds. The zero-order chi connectivity index (χ0) is 23.4. The van der Waals surface area contributed by atoms with Gasteiger partial charge in [0.25, 0.3) is 0 Å². The number of rotatable bonds is 9. The Balaban J connectivity index is 2.44. The molecule has 0 bridgehead atoms. The van der Waals surface area contributed by atoms with Gasteiger partial charge in [-0.05, 0) is 37.1 Å². The van der Waals surface area contributed by atoms with Crippen LogP contribution in [0.4, 0.5) is 4.39 Å². The second-order valence-corrected chi connectivity index (χ2v) is 7.86. The standard InChI is InChI=1S/C24H25ClFNO5/c1-3-6-15(13-28)27-19-12-16(32-4-2)9-10-17(19)23(29)21(24(30)31)20(27)11-14-7-5-8-18(25)22(14)26/h5,7-10,12,15,28H,3-4,6,11,13H2,1-2H3,(H,30,31). The van der Waals surface area contributed by atoms with Crippen molar-refractivity contribution in [1.82, 2.24) is 4.57 Å². The lowest BCUT2D eigenvalue weighted by atomic mass is 9.98. The molecule has 0 aliphatic rings. The summed E-state index contributed by atoms with van der Waals surface area (Å²) in [6.45, 7) is 3.88. The predicted molar refractivity (Wildman–Crippen MR) is 122 cm³/mol. The highest BCUT2D eigenvalue weighted by Gasteiger charge is 2.26. The first kappa shape index (κ1) is 23.8. The summed E-state index contributed by atoms with van der Waals surface area (Å²) in [4.78, 5) is 25.4. The molecular weight excluding hydrogens is 437 g/mol. The van der Waals surface area contributed by atoms with Crippen molar-refractivity contribution in [2.45, 2.75) is 39.2 Å². The Labute approximate surface area is 189 Å². The maximum absolute atomic E-state index is 14.7. The van der Waals surface area contributed by atoms with Gasteiger partial charge in [-0.15, -0.1) is 0 Å². The fraction of sp³-hybridized carbons (Fsp3) is 0.333. The number of aliphatic hydroxyl groups is 1. The van der Waals surface area contributed by atoms with E-state index in [4.69, 9.17) is 16.3 Å². The molecule has 0 fully saturated rings. The average molecular weight is 462 g/mol. The van der Waals surface area contributed by atoms with E-state index in [-0.39, 0.29) is 34.7 Å². The highest BCUT2D eigenvalue weighted by atomic mass is 35.5. The maximum Gasteiger partial charge on any atom is 0.341 e. The molecule has 2 aromatic carbocycles. The van der Waals surface area contributed by atoms with E-state index in [1.165, 1.54) is 18.2 Å². The number of fused-ring (bicyclic) bond motifs is 1. The van der Waals surface area contributed by atoms with Gasteiger partial charge in [0.2, 0.25) is 5.43 Å². The summed E-state index contributed by atoms with van der Waals surface area (Å²) < 4.78 is 22.0. The van der Waals surface area contributed by atoms with Crippen LogP contribution in [0.1, 0.15) is 54.3 Å². The van der Waals surface area contributed by atoms with Crippen LogP contribution in [0, 0.1) is 5.82 Å². The molecule has 32 heavy (non-hydrogen) atoms. The molecule has 0 saturated carbocycles. The third-order valence-corrected chi connectivity index (χ3v) is 5.68. The van der Waals surface area contributed by atoms with Crippen molar-refractivity contribution >= 4 is 28.5 Å². The van der Waals surface area contributed by atoms with Gasteiger partial charge in [-0.25, -0.2) is 9.18 Å². The monoisotopic (exact) mass is 461 g/mol. The number of carboxylic acid groups (broad SMARTS) is 1. The van der Waals surface area contributed by atoms with Gasteiger partial charge in [-0.2, -0.15) is 0 Å². The lowest BCUT2D eigenvalue weighted by molar-refractivity contribution is 0.0692. The summed E-state index contributed by atoms with van der Waals surface area (Å²) >= 11 is 5.93. The number of aromatic carboxylic acids is 1. The fourth-order valence-electron chi connectivity index (χ4n) is 4.00. The molecule has 0 radical (unpaired) electrons. The molecule has 0 aliphatic heterocycles. The number of aliphatic hydroxyl groups excluding tert-OH is 1. The largest absolute Gasteiger partial charge is 0.494 e. The molecule has 1 atom stereocenters. The van der Waals surface area contributed by atoms with Crippen LogP contribution in [-0.4, -0.2) is 34.0 Å². The zero-order valence-electron chi connectivity index (χ0n) is 17.9. The topological polar surface area (TPSA) is 88.8 Å². The van der Waals surface area contributed by atoms with Crippen LogP contribution in [0.5, 0.6) is 5.75 Å². The highest BCUT2D eigenvalue weighted by Crippen LogP contribution is 2.30. The quantitative estimate of drug-likeness (QED) is 0.477. The Morgan fingerprint density at radius 3 is 2.62 bits per heavy atom. The molecule has 6 nitrogen and oxygen atoms in total. The van der Waals surface area contributed by atoms with Gasteiger partial charge in [-0.3, -0.25) is 4.79 Å².